The lowest BCUT2D eigenvalue weighted by molar-refractivity contribution is -0.159. The number of likely N-dealkylation sites (tertiary alicyclic amines) is 1. The summed E-state index contributed by atoms with van der Waals surface area (Å²) in [6.07, 6.45) is 0.823. The van der Waals surface area contributed by atoms with E-state index in [1.54, 1.807) is 0 Å². The van der Waals surface area contributed by atoms with Crippen molar-refractivity contribution in [3.8, 4) is 0 Å². The average Bonchev–Trinajstić information content (AvgIpc) is 3.33. The summed E-state index contributed by atoms with van der Waals surface area (Å²) in [6.45, 7) is 4.77. The second kappa shape index (κ2) is 8.31. The van der Waals surface area contributed by atoms with Gasteiger partial charge in [0.15, 0.2) is 6.61 Å². The van der Waals surface area contributed by atoms with Crippen LogP contribution in [0.25, 0.3) is 0 Å². The van der Waals surface area contributed by atoms with Crippen LogP contribution in [0.2, 0.25) is 0 Å². The summed E-state index contributed by atoms with van der Waals surface area (Å²) in [5.74, 6) is -2.49. The zero-order valence-corrected chi connectivity index (χ0v) is 20.6. The Bertz CT molecular complexity index is 935. The highest BCUT2D eigenvalue weighted by Gasteiger charge is 2.67. The first-order valence-electron chi connectivity index (χ1n) is 10.3. The standard InChI is InChI=1S/C22H24Br2N2O5/c1-9-4-5-10(2)14(6-9)25-15(27)8-31-22(30)11(3)26-20(28)16-12-7-13(17(16)21(26)29)19(24)18(12)23/h4-6,11-13,16-19H,7-8H2,1-3H3,(H,25,27)/t11-,12+,13+,16-,17+,18-,19+/m0/s1. The van der Waals surface area contributed by atoms with E-state index in [4.69, 9.17) is 4.74 Å². The summed E-state index contributed by atoms with van der Waals surface area (Å²) in [4.78, 5) is 52.1. The number of hydrogen-bond donors (Lipinski definition) is 1. The molecule has 166 valence electrons. The molecule has 9 heteroatoms. The Hall–Kier alpha value is -1.74. The van der Waals surface area contributed by atoms with Gasteiger partial charge in [-0.3, -0.25) is 19.3 Å². The quantitative estimate of drug-likeness (QED) is 0.342. The second-order valence-corrected chi connectivity index (χ2v) is 10.8. The predicted octanol–water partition coefficient (Wildman–Crippen LogP) is 2.95. The number of rotatable bonds is 5. The number of nitrogens with one attached hydrogen (secondary N) is 1. The molecular weight excluding hydrogens is 532 g/mol. The normalized spacial score (nSPS) is 32.2. The van der Waals surface area contributed by atoms with Crippen LogP contribution in [-0.2, 0) is 23.9 Å². The number of halogens is 2. The highest BCUT2D eigenvalue weighted by Crippen LogP contribution is 2.60. The smallest absolute Gasteiger partial charge is 0.329 e. The fraction of sp³-hybridized carbons (Fsp3) is 0.545. The van der Waals surface area contributed by atoms with Gasteiger partial charge >= 0.3 is 5.97 Å². The summed E-state index contributed by atoms with van der Waals surface area (Å²) in [6, 6.07) is 4.60. The van der Waals surface area contributed by atoms with Crippen LogP contribution >= 0.6 is 31.9 Å². The van der Waals surface area contributed by atoms with Crippen molar-refractivity contribution in [1.29, 1.82) is 0 Å². The number of carbonyl (C=O) groups excluding carboxylic acids is 4. The van der Waals surface area contributed by atoms with Crippen LogP contribution < -0.4 is 5.32 Å². The van der Waals surface area contributed by atoms with E-state index in [1.807, 2.05) is 32.0 Å². The lowest BCUT2D eigenvalue weighted by Crippen LogP contribution is -2.45. The van der Waals surface area contributed by atoms with Gasteiger partial charge in [-0.25, -0.2) is 4.79 Å². The van der Waals surface area contributed by atoms with Gasteiger partial charge in [0.25, 0.3) is 5.91 Å². The molecule has 3 amide bonds. The highest BCUT2D eigenvalue weighted by atomic mass is 79.9. The Morgan fingerprint density at radius 1 is 1.13 bits per heavy atom. The minimum absolute atomic E-state index is 0.0763. The fourth-order valence-electron chi connectivity index (χ4n) is 5.17. The molecule has 2 saturated carbocycles. The van der Waals surface area contributed by atoms with E-state index in [2.05, 4.69) is 37.2 Å². The van der Waals surface area contributed by atoms with Crippen molar-refractivity contribution >= 4 is 61.2 Å². The number of benzene rings is 1. The lowest BCUT2D eigenvalue weighted by atomic mass is 9.81. The molecule has 1 aromatic carbocycles. The van der Waals surface area contributed by atoms with E-state index in [0.29, 0.717) is 5.69 Å². The van der Waals surface area contributed by atoms with E-state index in [9.17, 15) is 19.2 Å². The van der Waals surface area contributed by atoms with Crippen LogP contribution in [0.15, 0.2) is 18.2 Å². The Kier molecular flexibility index (Phi) is 6.02. The highest BCUT2D eigenvalue weighted by molar-refractivity contribution is 9.12. The molecule has 1 aliphatic heterocycles. The van der Waals surface area contributed by atoms with Crippen LogP contribution in [0.1, 0.15) is 24.5 Å². The maximum absolute atomic E-state index is 13.0. The third-order valence-corrected chi connectivity index (χ3v) is 9.97. The molecule has 0 aromatic heterocycles. The molecule has 31 heavy (non-hydrogen) atoms. The number of imide groups is 1. The molecule has 2 aliphatic carbocycles. The fourth-order valence-corrected chi connectivity index (χ4v) is 7.05. The van der Waals surface area contributed by atoms with Crippen molar-refractivity contribution in [2.75, 3.05) is 11.9 Å². The number of ether oxygens (including phenoxy) is 1. The summed E-state index contributed by atoms with van der Waals surface area (Å²) in [5, 5.41) is 2.72. The first-order chi connectivity index (χ1) is 14.6. The average molecular weight is 556 g/mol. The molecule has 0 unspecified atom stereocenters. The Morgan fingerprint density at radius 2 is 1.71 bits per heavy atom. The van der Waals surface area contributed by atoms with Crippen LogP contribution in [-0.4, -0.2) is 50.9 Å². The summed E-state index contributed by atoms with van der Waals surface area (Å²) < 4.78 is 5.14. The third-order valence-electron chi connectivity index (χ3n) is 6.76. The van der Waals surface area contributed by atoms with Gasteiger partial charge in [0, 0.05) is 15.3 Å². The lowest BCUT2D eigenvalue weighted by Gasteiger charge is -2.28. The number of nitrogens with zero attached hydrogens (tertiary/aromatic N) is 1. The summed E-state index contributed by atoms with van der Waals surface area (Å²) >= 11 is 7.29. The third kappa shape index (κ3) is 3.73. The van der Waals surface area contributed by atoms with Crippen molar-refractivity contribution < 1.29 is 23.9 Å². The number of amides is 3. The van der Waals surface area contributed by atoms with Crippen molar-refractivity contribution in [2.24, 2.45) is 23.7 Å². The number of carbonyl (C=O) groups is 4. The first-order valence-corrected chi connectivity index (χ1v) is 12.1. The van der Waals surface area contributed by atoms with Crippen LogP contribution in [0.5, 0.6) is 0 Å². The maximum atomic E-state index is 13.0. The van der Waals surface area contributed by atoms with Gasteiger partial charge < -0.3 is 10.1 Å². The van der Waals surface area contributed by atoms with E-state index >= 15 is 0 Å². The Labute approximate surface area is 197 Å². The topological polar surface area (TPSA) is 92.8 Å². The largest absolute Gasteiger partial charge is 0.454 e. The molecule has 1 heterocycles. The van der Waals surface area contributed by atoms with Gasteiger partial charge in [-0.15, -0.1) is 0 Å². The van der Waals surface area contributed by atoms with Crippen molar-refractivity contribution in [3.63, 3.8) is 0 Å². The molecule has 4 rings (SSSR count). The molecule has 1 N–H and O–H groups in total. The Morgan fingerprint density at radius 3 is 2.29 bits per heavy atom. The Balaban J connectivity index is 1.37. The van der Waals surface area contributed by atoms with Gasteiger partial charge in [0.05, 0.1) is 11.8 Å². The molecule has 1 aromatic rings. The van der Waals surface area contributed by atoms with Crippen LogP contribution in [0.4, 0.5) is 5.69 Å². The van der Waals surface area contributed by atoms with E-state index in [-0.39, 0.29) is 33.3 Å². The minimum atomic E-state index is -1.07. The van der Waals surface area contributed by atoms with Crippen molar-refractivity contribution in [3.05, 3.63) is 29.3 Å². The van der Waals surface area contributed by atoms with Crippen molar-refractivity contribution in [2.45, 2.75) is 42.9 Å². The van der Waals surface area contributed by atoms with Gasteiger partial charge in [-0.05, 0) is 56.2 Å². The van der Waals surface area contributed by atoms with Gasteiger partial charge in [-0.1, -0.05) is 44.0 Å². The molecule has 0 radical (unpaired) electrons. The zero-order valence-electron chi connectivity index (χ0n) is 17.4. The summed E-state index contributed by atoms with van der Waals surface area (Å²) in [7, 11) is 0. The number of anilines is 1. The molecule has 1 saturated heterocycles. The first kappa shape index (κ1) is 22.5. The number of alkyl halides is 2. The van der Waals surface area contributed by atoms with Gasteiger partial charge in [0.2, 0.25) is 11.8 Å². The molecule has 7 atom stereocenters. The minimum Gasteiger partial charge on any atom is -0.454 e. The van der Waals surface area contributed by atoms with E-state index < -0.39 is 36.4 Å². The van der Waals surface area contributed by atoms with E-state index in [0.717, 1.165) is 22.4 Å². The monoisotopic (exact) mass is 554 g/mol. The van der Waals surface area contributed by atoms with E-state index in [1.165, 1.54) is 6.92 Å². The van der Waals surface area contributed by atoms with Gasteiger partial charge in [-0.2, -0.15) is 0 Å². The molecule has 2 bridgehead atoms. The molecule has 3 aliphatic rings. The number of hydrogen-bond acceptors (Lipinski definition) is 5. The molecule has 7 nitrogen and oxygen atoms in total. The zero-order chi connectivity index (χ0) is 22.6. The summed E-state index contributed by atoms with van der Waals surface area (Å²) in [5.41, 5.74) is 2.53. The predicted molar refractivity (Wildman–Crippen MR) is 121 cm³/mol. The number of aryl methyl sites for hydroxylation is 2. The van der Waals surface area contributed by atoms with Crippen molar-refractivity contribution in [1.82, 2.24) is 4.90 Å². The second-order valence-electron chi connectivity index (χ2n) is 8.70. The number of fused-ring (bicyclic) bond motifs is 5. The number of esters is 1. The SMILES string of the molecule is Cc1ccc(C)c(NC(=O)COC(=O)[C@H](C)N2C(=O)[C@@H]3[C@H]4C[C@@H]([C@H](Br)[C@@H]4Br)[C@@H]3C2=O)c1. The van der Waals surface area contributed by atoms with Crippen LogP contribution in [0, 0.1) is 37.5 Å². The molecule has 3 fully saturated rings. The maximum Gasteiger partial charge on any atom is 0.329 e. The molecular formula is C22H24Br2N2O5. The van der Waals surface area contributed by atoms with Crippen LogP contribution in [0.3, 0.4) is 0 Å². The molecule has 0 spiro atoms. The van der Waals surface area contributed by atoms with Gasteiger partial charge in [0.1, 0.15) is 6.04 Å².